The van der Waals surface area contributed by atoms with Gasteiger partial charge in [0.2, 0.25) is 5.95 Å². The van der Waals surface area contributed by atoms with Gasteiger partial charge in [0, 0.05) is 43.3 Å². The molecule has 130 valence electrons. The van der Waals surface area contributed by atoms with Crippen molar-refractivity contribution in [2.24, 2.45) is 0 Å². The van der Waals surface area contributed by atoms with E-state index in [0.717, 1.165) is 23.6 Å². The monoisotopic (exact) mass is 343 g/mol. The van der Waals surface area contributed by atoms with Crippen LogP contribution < -0.4 is 10.6 Å². The topological polar surface area (TPSA) is 62.7 Å². The Labute approximate surface area is 153 Å². The lowest BCUT2D eigenvalue weighted by molar-refractivity contribution is 1.10. The molecule has 0 saturated carbocycles. The molecule has 0 saturated heterocycles. The minimum Gasteiger partial charge on any atom is -0.373 e. The molecule has 0 atom stereocenters. The second-order valence-electron chi connectivity index (χ2n) is 6.54. The predicted molar refractivity (Wildman–Crippen MR) is 107 cm³/mol. The van der Waals surface area contributed by atoms with Gasteiger partial charge < -0.3 is 10.6 Å². The van der Waals surface area contributed by atoms with E-state index in [4.69, 9.17) is 0 Å². The van der Waals surface area contributed by atoms with Crippen LogP contribution >= 0.6 is 0 Å². The van der Waals surface area contributed by atoms with Crippen LogP contribution in [0.5, 0.6) is 0 Å². The number of allylic oxidation sites excluding steroid dienone is 1. The van der Waals surface area contributed by atoms with E-state index in [1.165, 1.54) is 27.8 Å². The third-order valence-electron chi connectivity index (χ3n) is 4.60. The minimum absolute atomic E-state index is 0.594. The van der Waals surface area contributed by atoms with Crippen molar-refractivity contribution in [1.29, 1.82) is 0 Å². The molecule has 5 heteroatoms. The third kappa shape index (κ3) is 3.16. The molecule has 0 amide bonds. The maximum Gasteiger partial charge on any atom is 0.229 e. The van der Waals surface area contributed by atoms with Crippen molar-refractivity contribution in [2.75, 3.05) is 17.7 Å². The number of pyridine rings is 1. The zero-order chi connectivity index (χ0) is 18.1. The number of hydrogen-bond acceptors (Lipinski definition) is 5. The first-order valence-electron chi connectivity index (χ1n) is 8.67. The molecule has 3 aromatic rings. The fraction of sp³-hybridized carbons (Fsp3) is 0.190. The standard InChI is InChI=1S/C21H21N5/c1-13-4-5-18(25-21-24-14(2)8-20(22-3)26-21)11-19(13)16-9-15-6-7-23-12-17(15)10-16/h4-9,11-12H,10H2,1-3H3,(H2,22,24,25,26). The van der Waals surface area contributed by atoms with E-state index in [9.17, 15) is 0 Å². The Morgan fingerprint density at radius 3 is 2.73 bits per heavy atom. The molecule has 0 fully saturated rings. The summed E-state index contributed by atoms with van der Waals surface area (Å²) in [6.07, 6.45) is 6.97. The van der Waals surface area contributed by atoms with Crippen LogP contribution in [0.4, 0.5) is 17.5 Å². The van der Waals surface area contributed by atoms with Crippen molar-refractivity contribution < 1.29 is 0 Å². The van der Waals surface area contributed by atoms with Crippen LogP contribution in [-0.4, -0.2) is 22.0 Å². The summed E-state index contributed by atoms with van der Waals surface area (Å²) in [5, 5.41) is 6.39. The second-order valence-corrected chi connectivity index (χ2v) is 6.54. The van der Waals surface area contributed by atoms with Gasteiger partial charge in [-0.2, -0.15) is 4.98 Å². The Hall–Kier alpha value is -3.21. The molecule has 1 aliphatic carbocycles. The average molecular weight is 343 g/mol. The highest BCUT2D eigenvalue weighted by molar-refractivity contribution is 5.90. The van der Waals surface area contributed by atoms with Gasteiger partial charge in [-0.05, 0) is 59.9 Å². The first-order chi connectivity index (χ1) is 12.6. The van der Waals surface area contributed by atoms with Gasteiger partial charge in [0.15, 0.2) is 0 Å². The van der Waals surface area contributed by atoms with Gasteiger partial charge in [-0.15, -0.1) is 0 Å². The molecule has 0 spiro atoms. The number of hydrogen-bond donors (Lipinski definition) is 2. The Morgan fingerprint density at radius 1 is 1.04 bits per heavy atom. The minimum atomic E-state index is 0.594. The van der Waals surface area contributed by atoms with E-state index < -0.39 is 0 Å². The average Bonchev–Trinajstić information content (AvgIpc) is 3.06. The highest BCUT2D eigenvalue weighted by Gasteiger charge is 2.16. The predicted octanol–water partition coefficient (Wildman–Crippen LogP) is 4.37. The van der Waals surface area contributed by atoms with Gasteiger partial charge in [0.25, 0.3) is 0 Å². The molecule has 0 unspecified atom stereocenters. The maximum absolute atomic E-state index is 4.47. The molecule has 0 bridgehead atoms. The molecule has 2 aromatic heterocycles. The quantitative estimate of drug-likeness (QED) is 0.736. The van der Waals surface area contributed by atoms with E-state index in [1.54, 1.807) is 0 Å². The van der Waals surface area contributed by atoms with Gasteiger partial charge in [-0.3, -0.25) is 4.98 Å². The van der Waals surface area contributed by atoms with Crippen LogP contribution in [0, 0.1) is 13.8 Å². The Bertz CT molecular complexity index is 1010. The van der Waals surface area contributed by atoms with Crippen LogP contribution in [0.25, 0.3) is 11.6 Å². The highest BCUT2D eigenvalue weighted by atomic mass is 15.1. The van der Waals surface area contributed by atoms with Crippen LogP contribution in [0.3, 0.4) is 0 Å². The maximum atomic E-state index is 4.47. The zero-order valence-corrected chi connectivity index (χ0v) is 15.2. The van der Waals surface area contributed by atoms with E-state index in [-0.39, 0.29) is 0 Å². The SMILES string of the molecule is CNc1cc(C)nc(Nc2ccc(C)c(C3=Cc4ccncc4C3)c2)n1. The number of nitrogens with one attached hydrogen (secondary N) is 2. The van der Waals surface area contributed by atoms with Crippen molar-refractivity contribution >= 4 is 29.1 Å². The number of nitrogens with zero attached hydrogens (tertiary/aromatic N) is 3. The molecule has 0 radical (unpaired) electrons. The number of anilines is 3. The molecular formula is C21H21N5. The van der Waals surface area contributed by atoms with Gasteiger partial charge in [-0.1, -0.05) is 12.1 Å². The summed E-state index contributed by atoms with van der Waals surface area (Å²) in [6.45, 7) is 4.10. The van der Waals surface area contributed by atoms with Gasteiger partial charge in [-0.25, -0.2) is 4.98 Å². The molecule has 2 N–H and O–H groups in total. The molecule has 1 aromatic carbocycles. The molecule has 1 aliphatic rings. The second kappa shape index (κ2) is 6.59. The van der Waals surface area contributed by atoms with Crippen LogP contribution in [-0.2, 0) is 6.42 Å². The molecule has 0 aliphatic heterocycles. The summed E-state index contributed by atoms with van der Waals surface area (Å²) in [6, 6.07) is 10.4. The Balaban J connectivity index is 1.65. The van der Waals surface area contributed by atoms with Crippen molar-refractivity contribution in [3.63, 3.8) is 0 Å². The fourth-order valence-electron chi connectivity index (χ4n) is 3.27. The lowest BCUT2D eigenvalue weighted by Gasteiger charge is -2.12. The van der Waals surface area contributed by atoms with Crippen molar-refractivity contribution in [2.45, 2.75) is 20.3 Å². The van der Waals surface area contributed by atoms with E-state index >= 15 is 0 Å². The number of fused-ring (bicyclic) bond motifs is 1. The smallest absolute Gasteiger partial charge is 0.229 e. The van der Waals surface area contributed by atoms with E-state index in [1.807, 2.05) is 32.4 Å². The number of rotatable bonds is 4. The Kier molecular flexibility index (Phi) is 4.13. The summed E-state index contributed by atoms with van der Waals surface area (Å²) in [7, 11) is 1.86. The summed E-state index contributed by atoms with van der Waals surface area (Å²) in [5.41, 5.74) is 8.25. The fourth-order valence-corrected chi connectivity index (χ4v) is 3.27. The first-order valence-corrected chi connectivity index (χ1v) is 8.67. The molecule has 4 rings (SSSR count). The van der Waals surface area contributed by atoms with E-state index in [0.29, 0.717) is 5.95 Å². The largest absolute Gasteiger partial charge is 0.373 e. The Morgan fingerprint density at radius 2 is 1.92 bits per heavy atom. The van der Waals surface area contributed by atoms with Gasteiger partial charge in [0.1, 0.15) is 5.82 Å². The number of aromatic nitrogens is 3. The number of benzene rings is 1. The van der Waals surface area contributed by atoms with E-state index in [2.05, 4.69) is 62.9 Å². The number of aryl methyl sites for hydroxylation is 2. The molecular weight excluding hydrogens is 322 g/mol. The highest BCUT2D eigenvalue weighted by Crippen LogP contribution is 2.34. The first kappa shape index (κ1) is 16.3. The van der Waals surface area contributed by atoms with Crippen molar-refractivity contribution in [3.05, 3.63) is 70.7 Å². The molecule has 5 nitrogen and oxygen atoms in total. The summed E-state index contributed by atoms with van der Waals surface area (Å²) in [4.78, 5) is 13.2. The lowest BCUT2D eigenvalue weighted by Crippen LogP contribution is -2.02. The van der Waals surface area contributed by atoms with Crippen LogP contribution in [0.2, 0.25) is 0 Å². The third-order valence-corrected chi connectivity index (χ3v) is 4.60. The van der Waals surface area contributed by atoms with Crippen LogP contribution in [0.1, 0.15) is 27.9 Å². The van der Waals surface area contributed by atoms with Crippen LogP contribution in [0.15, 0.2) is 42.7 Å². The summed E-state index contributed by atoms with van der Waals surface area (Å²) < 4.78 is 0. The zero-order valence-electron chi connectivity index (χ0n) is 15.2. The molecule has 26 heavy (non-hydrogen) atoms. The van der Waals surface area contributed by atoms with Crippen molar-refractivity contribution in [3.8, 4) is 0 Å². The van der Waals surface area contributed by atoms with Gasteiger partial charge >= 0.3 is 0 Å². The lowest BCUT2D eigenvalue weighted by atomic mass is 9.98. The normalized spacial score (nSPS) is 12.5. The molecule has 2 heterocycles. The summed E-state index contributed by atoms with van der Waals surface area (Å²) in [5.74, 6) is 1.39. The van der Waals surface area contributed by atoms with Gasteiger partial charge in [0.05, 0.1) is 0 Å². The summed E-state index contributed by atoms with van der Waals surface area (Å²) >= 11 is 0. The van der Waals surface area contributed by atoms with Crippen molar-refractivity contribution in [1.82, 2.24) is 15.0 Å².